The highest BCUT2D eigenvalue weighted by Gasteiger charge is 2.13. The van der Waals surface area contributed by atoms with Crippen LogP contribution in [0.25, 0.3) is 11.4 Å². The Balaban J connectivity index is 2.03. The molecule has 4 nitrogen and oxygen atoms in total. The van der Waals surface area contributed by atoms with Crippen molar-refractivity contribution in [3.8, 4) is 17.1 Å². The van der Waals surface area contributed by atoms with Crippen molar-refractivity contribution in [3.05, 3.63) is 65.9 Å². The minimum Gasteiger partial charge on any atom is -0.508 e. The number of nitrogens with two attached hydrogens (primary N) is 1. The maximum absolute atomic E-state index is 9.37. The van der Waals surface area contributed by atoms with Gasteiger partial charge in [0.1, 0.15) is 17.4 Å². The van der Waals surface area contributed by atoms with Crippen LogP contribution in [0.4, 0.5) is 5.82 Å². The number of rotatable bonds is 3. The van der Waals surface area contributed by atoms with E-state index in [-0.39, 0.29) is 5.75 Å². The zero-order chi connectivity index (χ0) is 14.8. The zero-order valence-corrected chi connectivity index (χ0v) is 11.8. The van der Waals surface area contributed by atoms with Gasteiger partial charge < -0.3 is 15.4 Å². The van der Waals surface area contributed by atoms with E-state index in [1.54, 1.807) is 12.1 Å². The number of aromatic hydroxyl groups is 1. The van der Waals surface area contributed by atoms with Crippen LogP contribution >= 0.6 is 0 Å². The van der Waals surface area contributed by atoms with Gasteiger partial charge in [-0.25, -0.2) is 4.98 Å². The third kappa shape index (κ3) is 2.60. The molecule has 0 saturated heterocycles. The number of nitrogens with zero attached hydrogens (tertiary/aromatic N) is 2. The molecular weight excluding hydrogens is 262 g/mol. The summed E-state index contributed by atoms with van der Waals surface area (Å²) < 4.78 is 2.00. The summed E-state index contributed by atoms with van der Waals surface area (Å²) in [5.41, 5.74) is 9.10. The summed E-state index contributed by atoms with van der Waals surface area (Å²) in [5, 5.41) is 9.37. The van der Waals surface area contributed by atoms with Crippen molar-refractivity contribution in [2.75, 3.05) is 5.73 Å². The van der Waals surface area contributed by atoms with E-state index in [4.69, 9.17) is 5.73 Å². The Labute approximate surface area is 123 Å². The van der Waals surface area contributed by atoms with Gasteiger partial charge >= 0.3 is 0 Å². The van der Waals surface area contributed by atoms with Crippen LogP contribution in [0.2, 0.25) is 0 Å². The summed E-state index contributed by atoms with van der Waals surface area (Å²) in [5.74, 6) is 1.79. The van der Waals surface area contributed by atoms with Crippen molar-refractivity contribution in [3.63, 3.8) is 0 Å². The number of aromatic nitrogens is 2. The van der Waals surface area contributed by atoms with E-state index in [0.29, 0.717) is 12.4 Å². The average molecular weight is 279 g/mol. The number of hydrogen-bond donors (Lipinski definition) is 2. The van der Waals surface area contributed by atoms with Gasteiger partial charge in [0.05, 0.1) is 12.2 Å². The molecule has 0 aliphatic rings. The van der Waals surface area contributed by atoms with E-state index in [9.17, 15) is 5.11 Å². The lowest BCUT2D eigenvalue weighted by Gasteiger charge is -2.10. The lowest BCUT2D eigenvalue weighted by atomic mass is 10.2. The summed E-state index contributed by atoms with van der Waals surface area (Å²) in [6, 6.07) is 17.1. The van der Waals surface area contributed by atoms with Crippen molar-refractivity contribution in [1.29, 1.82) is 0 Å². The molecular formula is C17H17N3O. The lowest BCUT2D eigenvalue weighted by Crippen LogP contribution is -2.06. The summed E-state index contributed by atoms with van der Waals surface area (Å²) in [7, 11) is 0. The van der Waals surface area contributed by atoms with E-state index >= 15 is 0 Å². The normalized spacial score (nSPS) is 10.7. The molecule has 2 aromatic carbocycles. The Hall–Kier alpha value is -2.75. The largest absolute Gasteiger partial charge is 0.508 e. The molecule has 1 heterocycles. The predicted octanol–water partition coefficient (Wildman–Crippen LogP) is 3.19. The lowest BCUT2D eigenvalue weighted by molar-refractivity contribution is 0.475. The van der Waals surface area contributed by atoms with E-state index in [2.05, 4.69) is 4.98 Å². The van der Waals surface area contributed by atoms with Gasteiger partial charge in [-0.1, -0.05) is 42.5 Å². The summed E-state index contributed by atoms with van der Waals surface area (Å²) >= 11 is 0. The van der Waals surface area contributed by atoms with E-state index in [0.717, 1.165) is 22.6 Å². The molecule has 21 heavy (non-hydrogen) atoms. The molecule has 0 aliphatic heterocycles. The van der Waals surface area contributed by atoms with Crippen molar-refractivity contribution in [2.45, 2.75) is 13.5 Å². The van der Waals surface area contributed by atoms with Crippen LogP contribution in [0.15, 0.2) is 54.6 Å². The van der Waals surface area contributed by atoms with Crippen LogP contribution < -0.4 is 5.73 Å². The highest BCUT2D eigenvalue weighted by molar-refractivity contribution is 5.60. The highest BCUT2D eigenvalue weighted by atomic mass is 16.3. The fourth-order valence-electron chi connectivity index (χ4n) is 2.34. The maximum Gasteiger partial charge on any atom is 0.142 e. The number of imidazole rings is 1. The molecule has 0 spiro atoms. The molecule has 3 aromatic rings. The quantitative estimate of drug-likeness (QED) is 0.774. The molecule has 0 bridgehead atoms. The van der Waals surface area contributed by atoms with E-state index in [1.165, 1.54) is 0 Å². The van der Waals surface area contributed by atoms with Gasteiger partial charge in [-0.2, -0.15) is 0 Å². The standard InChI is InChI=1S/C17H17N3O/c1-12-16(18)20(11-13-7-9-15(21)10-8-13)17(19-12)14-5-3-2-4-6-14/h2-10,21H,11,18H2,1H3. The first-order valence-electron chi connectivity index (χ1n) is 6.81. The fourth-order valence-corrected chi connectivity index (χ4v) is 2.34. The minimum absolute atomic E-state index is 0.261. The Bertz CT molecular complexity index is 746. The number of benzene rings is 2. The number of nitrogen functional groups attached to an aromatic ring is 1. The van der Waals surface area contributed by atoms with Crippen LogP contribution in [-0.4, -0.2) is 14.7 Å². The highest BCUT2D eigenvalue weighted by Crippen LogP contribution is 2.25. The van der Waals surface area contributed by atoms with Crippen LogP contribution in [0.1, 0.15) is 11.3 Å². The predicted molar refractivity (Wildman–Crippen MR) is 84.0 cm³/mol. The second-order valence-electron chi connectivity index (χ2n) is 5.02. The Kier molecular flexibility index (Phi) is 3.36. The Morgan fingerprint density at radius 3 is 2.38 bits per heavy atom. The van der Waals surface area contributed by atoms with Crippen LogP contribution in [0, 0.1) is 6.92 Å². The average Bonchev–Trinajstić information content (AvgIpc) is 2.79. The summed E-state index contributed by atoms with van der Waals surface area (Å²) in [6.45, 7) is 2.53. The molecule has 0 radical (unpaired) electrons. The number of hydrogen-bond acceptors (Lipinski definition) is 3. The maximum atomic E-state index is 9.37. The molecule has 3 N–H and O–H groups in total. The molecule has 0 saturated carbocycles. The summed E-state index contributed by atoms with van der Waals surface area (Å²) in [4.78, 5) is 4.58. The van der Waals surface area contributed by atoms with Gasteiger partial charge in [0, 0.05) is 5.56 Å². The van der Waals surface area contributed by atoms with Crippen LogP contribution in [0.3, 0.4) is 0 Å². The van der Waals surface area contributed by atoms with E-state index in [1.807, 2.05) is 54.0 Å². The first kappa shape index (κ1) is 13.2. The first-order chi connectivity index (χ1) is 10.1. The number of phenolic OH excluding ortho intramolecular Hbond substituents is 1. The van der Waals surface area contributed by atoms with E-state index < -0.39 is 0 Å². The first-order valence-corrected chi connectivity index (χ1v) is 6.81. The van der Waals surface area contributed by atoms with Gasteiger partial charge in [-0.3, -0.25) is 0 Å². The van der Waals surface area contributed by atoms with Crippen molar-refractivity contribution < 1.29 is 5.11 Å². The third-order valence-corrected chi connectivity index (χ3v) is 3.50. The monoisotopic (exact) mass is 279 g/mol. The molecule has 0 aliphatic carbocycles. The molecule has 106 valence electrons. The van der Waals surface area contributed by atoms with Gasteiger partial charge in [-0.15, -0.1) is 0 Å². The van der Waals surface area contributed by atoms with Gasteiger partial charge in [0.25, 0.3) is 0 Å². The van der Waals surface area contributed by atoms with Crippen LogP contribution in [0.5, 0.6) is 5.75 Å². The van der Waals surface area contributed by atoms with Gasteiger partial charge in [-0.05, 0) is 24.6 Å². The fraction of sp³-hybridized carbons (Fsp3) is 0.118. The third-order valence-electron chi connectivity index (χ3n) is 3.50. The molecule has 4 heteroatoms. The van der Waals surface area contributed by atoms with Crippen molar-refractivity contribution in [2.24, 2.45) is 0 Å². The SMILES string of the molecule is Cc1nc(-c2ccccc2)n(Cc2ccc(O)cc2)c1N. The Morgan fingerprint density at radius 1 is 1.05 bits per heavy atom. The summed E-state index contributed by atoms with van der Waals surface area (Å²) in [6.07, 6.45) is 0. The molecule has 1 aromatic heterocycles. The number of aryl methyl sites for hydroxylation is 1. The second kappa shape index (κ2) is 5.32. The van der Waals surface area contributed by atoms with Gasteiger partial charge in [0.2, 0.25) is 0 Å². The number of phenols is 1. The minimum atomic E-state index is 0.261. The van der Waals surface area contributed by atoms with Gasteiger partial charge in [0.15, 0.2) is 0 Å². The molecule has 0 unspecified atom stereocenters. The van der Waals surface area contributed by atoms with Crippen molar-refractivity contribution in [1.82, 2.24) is 9.55 Å². The molecule has 0 amide bonds. The topological polar surface area (TPSA) is 64.1 Å². The smallest absolute Gasteiger partial charge is 0.142 e. The molecule has 0 fully saturated rings. The second-order valence-corrected chi connectivity index (χ2v) is 5.02. The van der Waals surface area contributed by atoms with Crippen LogP contribution in [-0.2, 0) is 6.54 Å². The number of anilines is 1. The zero-order valence-electron chi connectivity index (χ0n) is 11.8. The molecule has 3 rings (SSSR count). The Morgan fingerprint density at radius 2 is 1.71 bits per heavy atom. The van der Waals surface area contributed by atoms with Crippen molar-refractivity contribution >= 4 is 5.82 Å². The molecule has 0 atom stereocenters.